The summed E-state index contributed by atoms with van der Waals surface area (Å²) < 4.78 is 0. The fourth-order valence-electron chi connectivity index (χ4n) is 2.05. The highest BCUT2D eigenvalue weighted by Gasteiger charge is 2.24. The molecule has 0 N–H and O–H groups in total. The lowest BCUT2D eigenvalue weighted by atomic mass is 9.90. The van der Waals surface area contributed by atoms with Gasteiger partial charge in [-0.1, -0.05) is 47.5 Å². The molecule has 0 unspecified atom stereocenters. The minimum absolute atomic E-state index is 0.0228. The maximum absolute atomic E-state index is 12.5. The first kappa shape index (κ1) is 14.9. The van der Waals surface area contributed by atoms with Crippen molar-refractivity contribution in [3.63, 3.8) is 0 Å². The molecule has 0 radical (unpaired) electrons. The summed E-state index contributed by atoms with van der Waals surface area (Å²) in [4.78, 5) is 14.1. The molecule has 0 bridgehead atoms. The van der Waals surface area contributed by atoms with Crippen molar-refractivity contribution in [3.8, 4) is 0 Å². The molecular formula is C16H15Cl2NO. The lowest BCUT2D eigenvalue weighted by Gasteiger charge is -2.21. The van der Waals surface area contributed by atoms with Crippen LogP contribution in [-0.2, 0) is 4.79 Å². The number of carbonyl (C=O) groups excluding carboxylic acids is 1. The van der Waals surface area contributed by atoms with Crippen molar-refractivity contribution in [2.75, 3.05) is 14.1 Å². The Morgan fingerprint density at radius 2 is 1.20 bits per heavy atom. The van der Waals surface area contributed by atoms with Crippen LogP contribution in [0.15, 0.2) is 48.5 Å². The second kappa shape index (κ2) is 6.29. The molecule has 2 nitrogen and oxygen atoms in total. The molecule has 0 saturated carbocycles. The minimum Gasteiger partial charge on any atom is -0.348 e. The molecule has 0 aliphatic heterocycles. The summed E-state index contributed by atoms with van der Waals surface area (Å²) in [5.41, 5.74) is 1.82. The van der Waals surface area contributed by atoms with E-state index in [4.69, 9.17) is 23.2 Å². The molecular weight excluding hydrogens is 293 g/mol. The Morgan fingerprint density at radius 1 is 0.850 bits per heavy atom. The van der Waals surface area contributed by atoms with Crippen LogP contribution in [0.1, 0.15) is 17.0 Å². The summed E-state index contributed by atoms with van der Waals surface area (Å²) in [5.74, 6) is -0.325. The molecule has 2 aromatic carbocycles. The van der Waals surface area contributed by atoms with Crippen LogP contribution in [0.2, 0.25) is 10.0 Å². The number of likely N-dealkylation sites (N-methyl/N-ethyl adjacent to an activating group) is 1. The Kier molecular flexibility index (Phi) is 4.69. The molecule has 0 saturated heterocycles. The van der Waals surface area contributed by atoms with Gasteiger partial charge in [0.05, 0.1) is 5.92 Å². The maximum Gasteiger partial charge on any atom is 0.234 e. The van der Waals surface area contributed by atoms with Crippen LogP contribution in [0.5, 0.6) is 0 Å². The van der Waals surface area contributed by atoms with Gasteiger partial charge in [0.25, 0.3) is 0 Å². The molecule has 0 aromatic heterocycles. The lowest BCUT2D eigenvalue weighted by Crippen LogP contribution is -2.28. The number of halogens is 2. The lowest BCUT2D eigenvalue weighted by molar-refractivity contribution is -0.129. The van der Waals surface area contributed by atoms with E-state index < -0.39 is 0 Å². The molecule has 0 atom stereocenters. The maximum atomic E-state index is 12.5. The second-order valence-electron chi connectivity index (χ2n) is 4.77. The summed E-state index contributed by atoms with van der Waals surface area (Å²) >= 11 is 11.8. The van der Waals surface area contributed by atoms with Gasteiger partial charge in [-0.15, -0.1) is 0 Å². The van der Waals surface area contributed by atoms with E-state index in [1.807, 2.05) is 24.3 Å². The normalized spacial score (nSPS) is 10.7. The summed E-state index contributed by atoms with van der Waals surface area (Å²) in [5, 5.41) is 1.31. The number of rotatable bonds is 3. The predicted octanol–water partition coefficient (Wildman–Crippen LogP) is 4.21. The van der Waals surface area contributed by atoms with Crippen LogP contribution < -0.4 is 0 Å². The average molecular weight is 308 g/mol. The van der Waals surface area contributed by atoms with E-state index in [1.165, 1.54) is 0 Å². The average Bonchev–Trinajstić information content (AvgIpc) is 2.43. The topological polar surface area (TPSA) is 20.3 Å². The summed E-state index contributed by atoms with van der Waals surface area (Å²) in [6.07, 6.45) is 0. The molecule has 20 heavy (non-hydrogen) atoms. The first-order valence-corrected chi connectivity index (χ1v) is 6.96. The molecule has 2 rings (SSSR count). The van der Waals surface area contributed by atoms with Gasteiger partial charge in [-0.3, -0.25) is 4.79 Å². The first-order chi connectivity index (χ1) is 9.49. The summed E-state index contributed by atoms with van der Waals surface area (Å²) in [6, 6.07) is 14.7. The first-order valence-electron chi connectivity index (χ1n) is 6.21. The van der Waals surface area contributed by atoms with Crippen LogP contribution in [0.4, 0.5) is 0 Å². The van der Waals surface area contributed by atoms with Gasteiger partial charge in [0.1, 0.15) is 0 Å². The van der Waals surface area contributed by atoms with Crippen molar-refractivity contribution >= 4 is 29.1 Å². The Balaban J connectivity index is 2.47. The Hall–Kier alpha value is -1.51. The zero-order chi connectivity index (χ0) is 14.7. The number of benzene rings is 2. The molecule has 4 heteroatoms. The summed E-state index contributed by atoms with van der Waals surface area (Å²) in [6.45, 7) is 0. The van der Waals surface area contributed by atoms with Gasteiger partial charge in [0.2, 0.25) is 5.91 Å². The summed E-state index contributed by atoms with van der Waals surface area (Å²) in [7, 11) is 3.50. The number of carbonyl (C=O) groups is 1. The largest absolute Gasteiger partial charge is 0.348 e. The van der Waals surface area contributed by atoms with Gasteiger partial charge in [0, 0.05) is 24.1 Å². The highest BCUT2D eigenvalue weighted by Crippen LogP contribution is 2.28. The number of hydrogen-bond acceptors (Lipinski definition) is 1. The predicted molar refractivity (Wildman–Crippen MR) is 83.4 cm³/mol. The number of nitrogens with zero attached hydrogens (tertiary/aromatic N) is 1. The van der Waals surface area contributed by atoms with E-state index in [1.54, 1.807) is 43.3 Å². The van der Waals surface area contributed by atoms with Crippen LogP contribution in [0.25, 0.3) is 0 Å². The molecule has 0 spiro atoms. The Morgan fingerprint density at radius 3 is 1.50 bits per heavy atom. The van der Waals surface area contributed by atoms with E-state index in [2.05, 4.69) is 0 Å². The second-order valence-corrected chi connectivity index (χ2v) is 5.64. The Bertz CT molecular complexity index is 545. The number of hydrogen-bond donors (Lipinski definition) is 0. The van der Waals surface area contributed by atoms with Crippen molar-refractivity contribution in [1.29, 1.82) is 0 Å². The number of amides is 1. The van der Waals surface area contributed by atoms with Crippen LogP contribution in [-0.4, -0.2) is 24.9 Å². The van der Waals surface area contributed by atoms with E-state index in [0.717, 1.165) is 11.1 Å². The van der Waals surface area contributed by atoms with Gasteiger partial charge in [-0.2, -0.15) is 0 Å². The van der Waals surface area contributed by atoms with Crippen LogP contribution >= 0.6 is 23.2 Å². The van der Waals surface area contributed by atoms with Crippen molar-refractivity contribution in [2.45, 2.75) is 5.92 Å². The van der Waals surface area contributed by atoms with Gasteiger partial charge in [-0.25, -0.2) is 0 Å². The molecule has 0 fully saturated rings. The van der Waals surface area contributed by atoms with E-state index in [-0.39, 0.29) is 11.8 Å². The standard InChI is InChI=1S/C16H15Cl2NO/c1-19(2)16(20)15(11-3-7-13(17)8-4-11)12-5-9-14(18)10-6-12/h3-10,15H,1-2H3. The van der Waals surface area contributed by atoms with Crippen molar-refractivity contribution in [3.05, 3.63) is 69.7 Å². The van der Waals surface area contributed by atoms with Gasteiger partial charge in [-0.05, 0) is 35.4 Å². The van der Waals surface area contributed by atoms with E-state index in [0.29, 0.717) is 10.0 Å². The smallest absolute Gasteiger partial charge is 0.234 e. The highest BCUT2D eigenvalue weighted by atomic mass is 35.5. The Labute approximate surface area is 128 Å². The highest BCUT2D eigenvalue weighted by molar-refractivity contribution is 6.30. The van der Waals surface area contributed by atoms with Gasteiger partial charge >= 0.3 is 0 Å². The van der Waals surface area contributed by atoms with E-state index in [9.17, 15) is 4.79 Å². The van der Waals surface area contributed by atoms with E-state index >= 15 is 0 Å². The molecule has 0 aliphatic rings. The van der Waals surface area contributed by atoms with Gasteiger partial charge < -0.3 is 4.90 Å². The van der Waals surface area contributed by atoms with Crippen molar-refractivity contribution < 1.29 is 4.79 Å². The SMILES string of the molecule is CN(C)C(=O)C(c1ccc(Cl)cc1)c1ccc(Cl)cc1. The third kappa shape index (κ3) is 3.33. The molecule has 0 aliphatic carbocycles. The van der Waals surface area contributed by atoms with Crippen molar-refractivity contribution in [2.24, 2.45) is 0 Å². The molecule has 2 aromatic rings. The molecule has 0 heterocycles. The fourth-order valence-corrected chi connectivity index (χ4v) is 2.30. The fraction of sp³-hybridized carbons (Fsp3) is 0.188. The third-order valence-electron chi connectivity index (χ3n) is 3.09. The van der Waals surface area contributed by atoms with Crippen molar-refractivity contribution in [1.82, 2.24) is 4.90 Å². The minimum atomic E-state index is -0.348. The third-order valence-corrected chi connectivity index (χ3v) is 3.60. The molecule has 1 amide bonds. The monoisotopic (exact) mass is 307 g/mol. The zero-order valence-electron chi connectivity index (χ0n) is 11.3. The van der Waals surface area contributed by atoms with Crippen LogP contribution in [0.3, 0.4) is 0 Å². The van der Waals surface area contributed by atoms with Gasteiger partial charge in [0.15, 0.2) is 0 Å². The molecule has 104 valence electrons. The quantitative estimate of drug-likeness (QED) is 0.831. The van der Waals surface area contributed by atoms with Crippen LogP contribution in [0, 0.1) is 0 Å². The zero-order valence-corrected chi connectivity index (χ0v) is 12.8.